The second-order valence-corrected chi connectivity index (χ2v) is 5.17. The monoisotopic (exact) mass is 284 g/mol. The standard InChI is InChI=1S/C14H21ClN2O2/c1-3-7-14(2,16)13(18)17-8-9-19-12-6-4-5-11(15)10-12/h4-6,10H,3,7-9,16H2,1-2H3,(H,17,18). The molecule has 0 spiro atoms. The Morgan fingerprint density at radius 1 is 1.53 bits per heavy atom. The number of hydrogen-bond donors (Lipinski definition) is 2. The third-order valence-corrected chi connectivity index (χ3v) is 2.98. The molecular weight excluding hydrogens is 264 g/mol. The van der Waals surface area contributed by atoms with Crippen LogP contribution < -0.4 is 15.8 Å². The molecule has 1 amide bonds. The Bertz CT molecular complexity index is 422. The van der Waals surface area contributed by atoms with Gasteiger partial charge in [-0.25, -0.2) is 0 Å². The van der Waals surface area contributed by atoms with Crippen LogP contribution in [0.5, 0.6) is 5.75 Å². The van der Waals surface area contributed by atoms with E-state index in [0.717, 1.165) is 6.42 Å². The van der Waals surface area contributed by atoms with Crippen molar-refractivity contribution in [3.8, 4) is 5.75 Å². The van der Waals surface area contributed by atoms with E-state index in [0.29, 0.717) is 30.3 Å². The normalized spacial score (nSPS) is 13.7. The Kier molecular flexibility index (Phi) is 6.12. The van der Waals surface area contributed by atoms with Gasteiger partial charge in [-0.3, -0.25) is 4.79 Å². The van der Waals surface area contributed by atoms with E-state index >= 15 is 0 Å². The molecule has 1 aromatic rings. The van der Waals surface area contributed by atoms with Crippen molar-refractivity contribution in [1.82, 2.24) is 5.32 Å². The van der Waals surface area contributed by atoms with Gasteiger partial charge in [-0.2, -0.15) is 0 Å². The van der Waals surface area contributed by atoms with Crippen molar-refractivity contribution < 1.29 is 9.53 Å². The molecule has 0 fully saturated rings. The SMILES string of the molecule is CCCC(C)(N)C(=O)NCCOc1cccc(Cl)c1. The fourth-order valence-electron chi connectivity index (χ4n) is 1.73. The van der Waals surface area contributed by atoms with Gasteiger partial charge >= 0.3 is 0 Å². The van der Waals surface area contributed by atoms with Crippen LogP contribution in [0.15, 0.2) is 24.3 Å². The van der Waals surface area contributed by atoms with Gasteiger partial charge in [0.25, 0.3) is 0 Å². The number of rotatable bonds is 7. The molecule has 0 saturated heterocycles. The maximum atomic E-state index is 11.8. The van der Waals surface area contributed by atoms with Crippen molar-refractivity contribution in [2.75, 3.05) is 13.2 Å². The van der Waals surface area contributed by atoms with Crippen LogP contribution in [-0.4, -0.2) is 24.6 Å². The van der Waals surface area contributed by atoms with Crippen molar-refractivity contribution in [1.29, 1.82) is 0 Å². The number of nitrogens with one attached hydrogen (secondary N) is 1. The molecule has 0 heterocycles. The van der Waals surface area contributed by atoms with Gasteiger partial charge in [0, 0.05) is 5.02 Å². The molecule has 3 N–H and O–H groups in total. The first-order valence-electron chi connectivity index (χ1n) is 6.41. The van der Waals surface area contributed by atoms with Crippen molar-refractivity contribution in [2.45, 2.75) is 32.2 Å². The number of ether oxygens (including phenoxy) is 1. The zero-order chi connectivity index (χ0) is 14.3. The van der Waals surface area contributed by atoms with Crippen LogP contribution >= 0.6 is 11.6 Å². The molecule has 1 rings (SSSR count). The molecule has 0 saturated carbocycles. The average molecular weight is 285 g/mol. The Labute approximate surface area is 119 Å². The van der Waals surface area contributed by atoms with E-state index in [4.69, 9.17) is 22.1 Å². The minimum absolute atomic E-state index is 0.149. The second kappa shape index (κ2) is 7.36. The van der Waals surface area contributed by atoms with Crippen LogP contribution in [0.1, 0.15) is 26.7 Å². The summed E-state index contributed by atoms with van der Waals surface area (Å²) in [6.07, 6.45) is 1.54. The van der Waals surface area contributed by atoms with Crippen LogP contribution in [0.3, 0.4) is 0 Å². The first-order chi connectivity index (χ1) is 8.95. The van der Waals surface area contributed by atoms with Gasteiger partial charge in [-0.05, 0) is 31.5 Å². The van der Waals surface area contributed by atoms with Gasteiger partial charge in [0.1, 0.15) is 12.4 Å². The molecule has 106 valence electrons. The molecule has 0 aromatic heterocycles. The van der Waals surface area contributed by atoms with Crippen molar-refractivity contribution >= 4 is 17.5 Å². The van der Waals surface area contributed by atoms with Gasteiger partial charge in [0.2, 0.25) is 5.91 Å². The molecule has 0 aliphatic rings. The molecule has 1 aromatic carbocycles. The first kappa shape index (κ1) is 15.8. The van der Waals surface area contributed by atoms with E-state index in [1.54, 1.807) is 19.1 Å². The van der Waals surface area contributed by atoms with Crippen LogP contribution in [0.2, 0.25) is 5.02 Å². The van der Waals surface area contributed by atoms with E-state index in [-0.39, 0.29) is 5.91 Å². The van der Waals surface area contributed by atoms with Gasteiger partial charge in [0.05, 0.1) is 12.1 Å². The summed E-state index contributed by atoms with van der Waals surface area (Å²) in [4.78, 5) is 11.8. The molecular formula is C14H21ClN2O2. The Morgan fingerprint density at radius 2 is 2.26 bits per heavy atom. The van der Waals surface area contributed by atoms with Crippen LogP contribution in [0.25, 0.3) is 0 Å². The number of benzene rings is 1. The van der Waals surface area contributed by atoms with Crippen LogP contribution in [0.4, 0.5) is 0 Å². The molecule has 5 heteroatoms. The molecule has 0 aliphatic heterocycles. The topological polar surface area (TPSA) is 64.4 Å². The lowest BCUT2D eigenvalue weighted by Gasteiger charge is -2.22. The molecule has 0 radical (unpaired) electrons. The van der Waals surface area contributed by atoms with Crippen molar-refractivity contribution in [3.05, 3.63) is 29.3 Å². The quantitative estimate of drug-likeness (QED) is 0.756. The summed E-state index contributed by atoms with van der Waals surface area (Å²) in [7, 11) is 0. The summed E-state index contributed by atoms with van der Waals surface area (Å²) in [5, 5.41) is 3.39. The minimum Gasteiger partial charge on any atom is -0.492 e. The smallest absolute Gasteiger partial charge is 0.239 e. The highest BCUT2D eigenvalue weighted by atomic mass is 35.5. The number of carbonyl (C=O) groups is 1. The first-order valence-corrected chi connectivity index (χ1v) is 6.79. The summed E-state index contributed by atoms with van der Waals surface area (Å²) in [6, 6.07) is 7.14. The van der Waals surface area contributed by atoms with Gasteiger partial charge in [-0.1, -0.05) is 31.0 Å². The van der Waals surface area contributed by atoms with Crippen molar-refractivity contribution in [2.24, 2.45) is 5.73 Å². The number of carbonyl (C=O) groups excluding carboxylic acids is 1. The number of amides is 1. The van der Waals surface area contributed by atoms with E-state index in [2.05, 4.69) is 5.32 Å². The second-order valence-electron chi connectivity index (χ2n) is 4.73. The fourth-order valence-corrected chi connectivity index (χ4v) is 1.91. The lowest BCUT2D eigenvalue weighted by molar-refractivity contribution is -0.126. The summed E-state index contributed by atoms with van der Waals surface area (Å²) in [5.74, 6) is 0.537. The van der Waals surface area contributed by atoms with Crippen molar-refractivity contribution in [3.63, 3.8) is 0 Å². The van der Waals surface area contributed by atoms with Gasteiger partial charge in [0.15, 0.2) is 0 Å². The summed E-state index contributed by atoms with van der Waals surface area (Å²) in [5.41, 5.74) is 5.10. The largest absolute Gasteiger partial charge is 0.492 e. The molecule has 4 nitrogen and oxygen atoms in total. The maximum Gasteiger partial charge on any atom is 0.239 e. The maximum absolute atomic E-state index is 11.8. The molecule has 1 unspecified atom stereocenters. The predicted molar refractivity (Wildman–Crippen MR) is 77.5 cm³/mol. The zero-order valence-electron chi connectivity index (χ0n) is 11.4. The van der Waals surface area contributed by atoms with E-state index in [1.807, 2.05) is 19.1 Å². The van der Waals surface area contributed by atoms with Crippen LogP contribution in [-0.2, 0) is 4.79 Å². The summed E-state index contributed by atoms with van der Waals surface area (Å²) < 4.78 is 5.47. The number of nitrogens with two attached hydrogens (primary N) is 1. The number of hydrogen-bond acceptors (Lipinski definition) is 3. The summed E-state index contributed by atoms with van der Waals surface area (Å²) in [6.45, 7) is 4.54. The number of halogens is 1. The summed E-state index contributed by atoms with van der Waals surface area (Å²) >= 11 is 5.84. The highest BCUT2D eigenvalue weighted by Gasteiger charge is 2.26. The highest BCUT2D eigenvalue weighted by Crippen LogP contribution is 2.16. The molecule has 0 bridgehead atoms. The predicted octanol–water partition coefficient (Wildman–Crippen LogP) is 2.35. The molecule has 0 aliphatic carbocycles. The van der Waals surface area contributed by atoms with E-state index < -0.39 is 5.54 Å². The highest BCUT2D eigenvalue weighted by molar-refractivity contribution is 6.30. The molecule has 1 atom stereocenters. The Morgan fingerprint density at radius 3 is 2.89 bits per heavy atom. The zero-order valence-corrected chi connectivity index (χ0v) is 12.2. The third kappa shape index (κ3) is 5.49. The minimum atomic E-state index is -0.815. The Balaban J connectivity index is 2.29. The lowest BCUT2D eigenvalue weighted by atomic mass is 9.97. The fraction of sp³-hybridized carbons (Fsp3) is 0.500. The third-order valence-electron chi connectivity index (χ3n) is 2.74. The molecule has 19 heavy (non-hydrogen) atoms. The van der Waals surface area contributed by atoms with Gasteiger partial charge < -0.3 is 15.8 Å². The van der Waals surface area contributed by atoms with Crippen LogP contribution in [0, 0.1) is 0 Å². The Hall–Kier alpha value is -1.26. The lowest BCUT2D eigenvalue weighted by Crippen LogP contribution is -2.52. The average Bonchev–Trinajstić information content (AvgIpc) is 2.34. The van der Waals surface area contributed by atoms with E-state index in [9.17, 15) is 4.79 Å². The van der Waals surface area contributed by atoms with E-state index in [1.165, 1.54) is 0 Å². The van der Waals surface area contributed by atoms with Gasteiger partial charge in [-0.15, -0.1) is 0 Å².